The molecule has 5 nitrogen and oxygen atoms in total. The molecular weight excluding hydrogens is 268 g/mol. The molecule has 1 aliphatic heterocycles. The van der Waals surface area contributed by atoms with Crippen LogP contribution in [-0.4, -0.2) is 40.6 Å². The van der Waals surface area contributed by atoms with E-state index in [2.05, 4.69) is 19.2 Å². The molecule has 0 aromatic carbocycles. The number of hydrogen-bond donors (Lipinski definition) is 2. The number of carboxylic acid groups (broad SMARTS) is 1. The molecule has 2 aliphatic rings. The van der Waals surface area contributed by atoms with E-state index in [4.69, 9.17) is 0 Å². The van der Waals surface area contributed by atoms with Crippen LogP contribution in [0.1, 0.15) is 58.8 Å². The lowest BCUT2D eigenvalue weighted by atomic mass is 9.88. The molecule has 1 saturated heterocycles. The fourth-order valence-corrected chi connectivity index (χ4v) is 3.46. The normalized spacial score (nSPS) is 29.5. The molecule has 0 radical (unpaired) electrons. The third kappa shape index (κ3) is 3.69. The quantitative estimate of drug-likeness (QED) is 0.770. The number of carboxylic acids is 1. The Morgan fingerprint density at radius 1 is 1.10 bits per heavy atom. The summed E-state index contributed by atoms with van der Waals surface area (Å²) in [7, 11) is 0. The van der Waals surface area contributed by atoms with Gasteiger partial charge in [-0.1, -0.05) is 39.5 Å². The summed E-state index contributed by atoms with van der Waals surface area (Å²) in [6, 6.07) is -0.196. The molecule has 1 saturated carbocycles. The second-order valence-electron chi connectivity index (χ2n) is 6.92. The zero-order valence-corrected chi connectivity index (χ0v) is 13.2. The molecule has 2 fully saturated rings. The molecule has 21 heavy (non-hydrogen) atoms. The zero-order valence-electron chi connectivity index (χ0n) is 13.2. The third-order valence-electron chi connectivity index (χ3n) is 5.33. The van der Waals surface area contributed by atoms with Gasteiger partial charge >= 0.3 is 12.0 Å². The van der Waals surface area contributed by atoms with Crippen molar-refractivity contribution in [2.45, 2.75) is 64.3 Å². The second-order valence-corrected chi connectivity index (χ2v) is 6.92. The van der Waals surface area contributed by atoms with Gasteiger partial charge in [-0.2, -0.15) is 0 Å². The number of piperidine rings is 1. The minimum Gasteiger partial charge on any atom is -0.480 e. The Morgan fingerprint density at radius 3 is 2.24 bits per heavy atom. The summed E-state index contributed by atoms with van der Waals surface area (Å²) in [6.45, 7) is 5.82. The van der Waals surface area contributed by atoms with Crippen LogP contribution in [0, 0.1) is 11.8 Å². The third-order valence-corrected chi connectivity index (χ3v) is 5.33. The van der Waals surface area contributed by atoms with Crippen LogP contribution in [0.2, 0.25) is 0 Å². The minimum absolute atomic E-state index is 0.196. The molecule has 2 atom stereocenters. The van der Waals surface area contributed by atoms with Crippen LogP contribution >= 0.6 is 0 Å². The van der Waals surface area contributed by atoms with Crippen molar-refractivity contribution < 1.29 is 14.7 Å². The summed E-state index contributed by atoms with van der Waals surface area (Å²) in [5.41, 5.74) is -1.06. The minimum atomic E-state index is -1.06. The maximum atomic E-state index is 12.5. The first-order valence-electron chi connectivity index (χ1n) is 8.25. The predicted octanol–water partition coefficient (Wildman–Crippen LogP) is 2.85. The van der Waals surface area contributed by atoms with Crippen LogP contribution in [0.4, 0.5) is 4.79 Å². The first-order valence-corrected chi connectivity index (χ1v) is 8.25. The van der Waals surface area contributed by atoms with E-state index >= 15 is 0 Å². The van der Waals surface area contributed by atoms with E-state index in [1.165, 1.54) is 0 Å². The Balaban J connectivity index is 2.03. The largest absolute Gasteiger partial charge is 0.480 e. The number of amides is 2. The molecule has 0 spiro atoms. The number of carbonyl (C=O) groups is 2. The van der Waals surface area contributed by atoms with Gasteiger partial charge in [0, 0.05) is 13.1 Å². The maximum absolute atomic E-state index is 12.5. The number of likely N-dealkylation sites (tertiary alicyclic amines) is 1. The SMILES string of the molecule is CC1CCN(C(=O)NC2(C(=O)O)CCCCCC2)CC1C. The van der Waals surface area contributed by atoms with Crippen LogP contribution in [-0.2, 0) is 4.79 Å². The predicted molar refractivity (Wildman–Crippen MR) is 81.1 cm³/mol. The number of nitrogens with zero attached hydrogens (tertiary/aromatic N) is 1. The van der Waals surface area contributed by atoms with Gasteiger partial charge in [-0.25, -0.2) is 9.59 Å². The smallest absolute Gasteiger partial charge is 0.329 e. The van der Waals surface area contributed by atoms with Crippen molar-refractivity contribution in [2.24, 2.45) is 11.8 Å². The van der Waals surface area contributed by atoms with E-state index in [1.807, 2.05) is 0 Å². The summed E-state index contributed by atoms with van der Waals surface area (Å²) in [5, 5.41) is 12.5. The molecule has 2 N–H and O–H groups in total. The molecule has 2 unspecified atom stereocenters. The number of rotatable bonds is 2. The highest BCUT2D eigenvalue weighted by molar-refractivity contribution is 5.86. The van der Waals surface area contributed by atoms with Gasteiger partial charge in [0.2, 0.25) is 0 Å². The average molecular weight is 296 g/mol. The van der Waals surface area contributed by atoms with Gasteiger partial charge < -0.3 is 15.3 Å². The van der Waals surface area contributed by atoms with Gasteiger partial charge in [0.25, 0.3) is 0 Å². The summed E-state index contributed by atoms with van der Waals surface area (Å²) < 4.78 is 0. The first-order chi connectivity index (χ1) is 9.94. The monoisotopic (exact) mass is 296 g/mol. The zero-order chi connectivity index (χ0) is 15.5. The second kappa shape index (κ2) is 6.67. The summed E-state index contributed by atoms with van der Waals surface area (Å²) in [4.78, 5) is 26.0. The van der Waals surface area contributed by atoms with Crippen molar-refractivity contribution in [3.63, 3.8) is 0 Å². The van der Waals surface area contributed by atoms with Crippen molar-refractivity contribution in [2.75, 3.05) is 13.1 Å². The van der Waals surface area contributed by atoms with Gasteiger partial charge in [-0.3, -0.25) is 0 Å². The van der Waals surface area contributed by atoms with E-state index in [-0.39, 0.29) is 6.03 Å². The number of nitrogens with one attached hydrogen (secondary N) is 1. The molecule has 1 aliphatic carbocycles. The molecule has 0 aromatic heterocycles. The highest BCUT2D eigenvalue weighted by atomic mass is 16.4. The molecule has 2 amide bonds. The van der Waals surface area contributed by atoms with Crippen LogP contribution in [0.5, 0.6) is 0 Å². The van der Waals surface area contributed by atoms with Gasteiger partial charge in [-0.15, -0.1) is 0 Å². The maximum Gasteiger partial charge on any atom is 0.329 e. The summed E-state index contributed by atoms with van der Waals surface area (Å²) in [5.74, 6) is 0.218. The van der Waals surface area contributed by atoms with Crippen LogP contribution in [0.15, 0.2) is 0 Å². The van der Waals surface area contributed by atoms with Crippen molar-refractivity contribution in [1.29, 1.82) is 0 Å². The van der Waals surface area contributed by atoms with Crippen LogP contribution in [0.3, 0.4) is 0 Å². The van der Waals surface area contributed by atoms with Gasteiger partial charge in [0.05, 0.1) is 0 Å². The molecule has 0 bridgehead atoms. The van der Waals surface area contributed by atoms with Crippen LogP contribution < -0.4 is 5.32 Å². The average Bonchev–Trinajstić information content (AvgIpc) is 2.68. The lowest BCUT2D eigenvalue weighted by Gasteiger charge is -2.38. The Kier molecular flexibility index (Phi) is 5.12. The lowest BCUT2D eigenvalue weighted by molar-refractivity contribution is -0.145. The fourth-order valence-electron chi connectivity index (χ4n) is 3.46. The highest BCUT2D eigenvalue weighted by Crippen LogP contribution is 2.29. The number of hydrogen-bond acceptors (Lipinski definition) is 2. The molecule has 0 aromatic rings. The number of urea groups is 1. The van der Waals surface area contributed by atoms with Crippen molar-refractivity contribution in [3.8, 4) is 0 Å². The molecular formula is C16H28N2O3. The molecule has 1 heterocycles. The standard InChI is InChI=1S/C16H28N2O3/c1-12-7-10-18(11-13(12)2)15(21)17-16(14(19)20)8-5-3-4-6-9-16/h12-13H,3-11H2,1-2H3,(H,17,21)(H,19,20). The van der Waals surface area contributed by atoms with E-state index in [0.717, 1.165) is 45.2 Å². The van der Waals surface area contributed by atoms with Crippen molar-refractivity contribution in [3.05, 3.63) is 0 Å². The van der Waals surface area contributed by atoms with Crippen LogP contribution in [0.25, 0.3) is 0 Å². The topological polar surface area (TPSA) is 69.6 Å². The van der Waals surface area contributed by atoms with E-state index < -0.39 is 11.5 Å². The Labute approximate surface area is 127 Å². The summed E-state index contributed by atoms with van der Waals surface area (Å²) in [6.07, 6.45) is 5.96. The Morgan fingerprint density at radius 2 is 1.71 bits per heavy atom. The van der Waals surface area contributed by atoms with E-state index in [1.54, 1.807) is 4.90 Å². The highest BCUT2D eigenvalue weighted by Gasteiger charge is 2.41. The summed E-state index contributed by atoms with van der Waals surface area (Å²) >= 11 is 0. The number of aliphatic carboxylic acids is 1. The van der Waals surface area contributed by atoms with Crippen molar-refractivity contribution in [1.82, 2.24) is 10.2 Å². The van der Waals surface area contributed by atoms with Gasteiger partial charge in [0.15, 0.2) is 0 Å². The van der Waals surface area contributed by atoms with Crippen molar-refractivity contribution >= 4 is 12.0 Å². The Hall–Kier alpha value is -1.26. The fraction of sp³-hybridized carbons (Fsp3) is 0.875. The lowest BCUT2D eigenvalue weighted by Crippen LogP contribution is -2.59. The van der Waals surface area contributed by atoms with E-state index in [9.17, 15) is 14.7 Å². The Bertz CT molecular complexity index is 389. The number of carbonyl (C=O) groups excluding carboxylic acids is 1. The molecule has 120 valence electrons. The van der Waals surface area contributed by atoms with Gasteiger partial charge in [-0.05, 0) is 31.1 Å². The van der Waals surface area contributed by atoms with Gasteiger partial charge in [0.1, 0.15) is 5.54 Å². The molecule has 5 heteroatoms. The van der Waals surface area contributed by atoms with E-state index in [0.29, 0.717) is 24.7 Å². The molecule has 2 rings (SSSR count). The first kappa shape index (κ1) is 16.1.